The summed E-state index contributed by atoms with van der Waals surface area (Å²) < 4.78 is 5.35. The summed E-state index contributed by atoms with van der Waals surface area (Å²) in [4.78, 5) is 14.1. The molecule has 1 aliphatic rings. The van der Waals surface area contributed by atoms with E-state index in [1.807, 2.05) is 36.2 Å². The SMILES string of the molecule is CN(CC1CCOCC1)C(=O)Cc1ccc(CN)cc1. The van der Waals surface area contributed by atoms with Gasteiger partial charge in [-0.25, -0.2) is 0 Å². The Hall–Kier alpha value is -1.39. The number of hydrogen-bond donors (Lipinski definition) is 1. The van der Waals surface area contributed by atoms with Crippen LogP contribution in [0.3, 0.4) is 0 Å². The number of carbonyl (C=O) groups is 1. The highest BCUT2D eigenvalue weighted by Crippen LogP contribution is 2.16. The van der Waals surface area contributed by atoms with E-state index in [-0.39, 0.29) is 5.91 Å². The van der Waals surface area contributed by atoms with Gasteiger partial charge in [-0.3, -0.25) is 4.79 Å². The molecule has 2 rings (SSSR count). The maximum Gasteiger partial charge on any atom is 0.226 e. The lowest BCUT2D eigenvalue weighted by atomic mass is 9.99. The first-order chi connectivity index (χ1) is 9.69. The molecule has 1 amide bonds. The summed E-state index contributed by atoms with van der Waals surface area (Å²) in [5.41, 5.74) is 7.71. The maximum absolute atomic E-state index is 12.2. The first-order valence-electron chi connectivity index (χ1n) is 7.28. The van der Waals surface area contributed by atoms with Gasteiger partial charge in [0, 0.05) is 33.4 Å². The van der Waals surface area contributed by atoms with Gasteiger partial charge in [-0.05, 0) is 29.9 Å². The quantitative estimate of drug-likeness (QED) is 0.888. The minimum absolute atomic E-state index is 0.178. The van der Waals surface area contributed by atoms with Gasteiger partial charge < -0.3 is 15.4 Å². The van der Waals surface area contributed by atoms with Crippen molar-refractivity contribution in [3.8, 4) is 0 Å². The molecule has 20 heavy (non-hydrogen) atoms. The molecule has 110 valence electrons. The third-order valence-electron chi connectivity index (χ3n) is 3.91. The molecular weight excluding hydrogens is 252 g/mol. The van der Waals surface area contributed by atoms with Gasteiger partial charge in [0.1, 0.15) is 0 Å². The van der Waals surface area contributed by atoms with E-state index in [0.29, 0.717) is 18.9 Å². The van der Waals surface area contributed by atoms with Gasteiger partial charge in [0.05, 0.1) is 6.42 Å². The molecule has 0 bridgehead atoms. The smallest absolute Gasteiger partial charge is 0.226 e. The van der Waals surface area contributed by atoms with E-state index in [9.17, 15) is 4.79 Å². The molecule has 4 nitrogen and oxygen atoms in total. The number of rotatable bonds is 5. The number of benzene rings is 1. The van der Waals surface area contributed by atoms with E-state index in [4.69, 9.17) is 10.5 Å². The van der Waals surface area contributed by atoms with Crippen LogP contribution in [-0.2, 0) is 22.5 Å². The Labute approximate surface area is 120 Å². The second kappa shape index (κ2) is 7.41. The molecule has 0 atom stereocenters. The Morgan fingerprint density at radius 3 is 2.45 bits per heavy atom. The molecule has 0 unspecified atom stereocenters. The Morgan fingerprint density at radius 2 is 1.85 bits per heavy atom. The summed E-state index contributed by atoms with van der Waals surface area (Å²) in [5, 5.41) is 0. The normalized spacial score (nSPS) is 16.1. The number of carbonyl (C=O) groups excluding carboxylic acids is 1. The summed E-state index contributed by atoms with van der Waals surface area (Å²) in [6, 6.07) is 7.95. The third kappa shape index (κ3) is 4.32. The van der Waals surface area contributed by atoms with Crippen molar-refractivity contribution in [2.24, 2.45) is 11.7 Å². The second-order valence-electron chi connectivity index (χ2n) is 5.53. The number of likely N-dealkylation sites (N-methyl/N-ethyl adjacent to an activating group) is 1. The predicted molar refractivity (Wildman–Crippen MR) is 79.2 cm³/mol. The highest BCUT2D eigenvalue weighted by molar-refractivity contribution is 5.78. The average molecular weight is 276 g/mol. The van der Waals surface area contributed by atoms with Crippen LogP contribution in [0, 0.1) is 5.92 Å². The van der Waals surface area contributed by atoms with Crippen LogP contribution >= 0.6 is 0 Å². The number of nitrogens with two attached hydrogens (primary N) is 1. The number of amides is 1. The minimum atomic E-state index is 0.178. The van der Waals surface area contributed by atoms with Crippen molar-refractivity contribution in [2.75, 3.05) is 26.8 Å². The molecule has 0 aliphatic carbocycles. The summed E-state index contributed by atoms with van der Waals surface area (Å²) in [7, 11) is 1.89. The fourth-order valence-corrected chi connectivity index (χ4v) is 2.52. The zero-order chi connectivity index (χ0) is 14.4. The van der Waals surface area contributed by atoms with Crippen LogP contribution in [0.5, 0.6) is 0 Å². The van der Waals surface area contributed by atoms with Crippen molar-refractivity contribution >= 4 is 5.91 Å². The molecule has 2 N–H and O–H groups in total. The first-order valence-corrected chi connectivity index (χ1v) is 7.28. The zero-order valence-electron chi connectivity index (χ0n) is 12.2. The molecule has 0 saturated carbocycles. The van der Waals surface area contributed by atoms with Crippen LogP contribution in [0.4, 0.5) is 0 Å². The summed E-state index contributed by atoms with van der Waals surface area (Å²) in [5.74, 6) is 0.759. The van der Waals surface area contributed by atoms with Gasteiger partial charge >= 0.3 is 0 Å². The highest BCUT2D eigenvalue weighted by atomic mass is 16.5. The van der Waals surface area contributed by atoms with Crippen LogP contribution in [0.15, 0.2) is 24.3 Å². The zero-order valence-corrected chi connectivity index (χ0v) is 12.2. The molecule has 1 aliphatic heterocycles. The fourth-order valence-electron chi connectivity index (χ4n) is 2.52. The van der Waals surface area contributed by atoms with Gasteiger partial charge in [-0.15, -0.1) is 0 Å². The van der Waals surface area contributed by atoms with Crippen molar-refractivity contribution in [3.63, 3.8) is 0 Å². The molecule has 0 spiro atoms. The summed E-state index contributed by atoms with van der Waals surface area (Å²) in [6.45, 7) is 3.03. The van der Waals surface area contributed by atoms with E-state index in [2.05, 4.69) is 0 Å². The molecule has 1 fully saturated rings. The van der Waals surface area contributed by atoms with E-state index in [1.165, 1.54) is 0 Å². The lowest BCUT2D eigenvalue weighted by molar-refractivity contribution is -0.130. The minimum Gasteiger partial charge on any atom is -0.381 e. The highest BCUT2D eigenvalue weighted by Gasteiger charge is 2.18. The van der Waals surface area contributed by atoms with E-state index >= 15 is 0 Å². The Bertz CT molecular complexity index is 425. The van der Waals surface area contributed by atoms with Crippen LogP contribution in [-0.4, -0.2) is 37.6 Å². The molecular formula is C16H24N2O2. The van der Waals surface area contributed by atoms with Crippen molar-refractivity contribution in [2.45, 2.75) is 25.8 Å². The van der Waals surface area contributed by atoms with E-state index < -0.39 is 0 Å². The Morgan fingerprint density at radius 1 is 1.25 bits per heavy atom. The average Bonchev–Trinajstić information content (AvgIpc) is 2.49. The van der Waals surface area contributed by atoms with Crippen LogP contribution in [0.1, 0.15) is 24.0 Å². The predicted octanol–water partition coefficient (Wildman–Crippen LogP) is 1.57. The van der Waals surface area contributed by atoms with E-state index in [1.54, 1.807) is 0 Å². The van der Waals surface area contributed by atoms with Gasteiger partial charge in [0.15, 0.2) is 0 Å². The standard InChI is InChI=1S/C16H24N2O2/c1-18(12-15-6-8-20-9-7-15)16(19)10-13-2-4-14(11-17)5-3-13/h2-5,15H,6-12,17H2,1H3. The van der Waals surface area contributed by atoms with Crippen molar-refractivity contribution in [1.29, 1.82) is 0 Å². The van der Waals surface area contributed by atoms with Crippen molar-refractivity contribution in [1.82, 2.24) is 4.90 Å². The van der Waals surface area contributed by atoms with Gasteiger partial charge in [0.2, 0.25) is 5.91 Å². The number of hydrogen-bond acceptors (Lipinski definition) is 3. The summed E-state index contributed by atoms with van der Waals surface area (Å²) in [6.07, 6.45) is 2.58. The Kier molecular flexibility index (Phi) is 5.56. The topological polar surface area (TPSA) is 55.6 Å². The third-order valence-corrected chi connectivity index (χ3v) is 3.91. The largest absolute Gasteiger partial charge is 0.381 e. The Balaban J connectivity index is 1.83. The molecule has 1 aromatic carbocycles. The van der Waals surface area contributed by atoms with Crippen LogP contribution in [0.25, 0.3) is 0 Å². The van der Waals surface area contributed by atoms with Gasteiger partial charge in [0.25, 0.3) is 0 Å². The molecule has 4 heteroatoms. The van der Waals surface area contributed by atoms with Crippen LogP contribution in [0.2, 0.25) is 0 Å². The lowest BCUT2D eigenvalue weighted by Gasteiger charge is -2.27. The van der Waals surface area contributed by atoms with Gasteiger partial charge in [-0.2, -0.15) is 0 Å². The molecule has 0 radical (unpaired) electrons. The molecule has 1 saturated heterocycles. The fraction of sp³-hybridized carbons (Fsp3) is 0.562. The molecule has 1 heterocycles. The number of nitrogens with zero attached hydrogens (tertiary/aromatic N) is 1. The van der Waals surface area contributed by atoms with Crippen molar-refractivity contribution < 1.29 is 9.53 Å². The van der Waals surface area contributed by atoms with E-state index in [0.717, 1.165) is 43.7 Å². The monoisotopic (exact) mass is 276 g/mol. The lowest BCUT2D eigenvalue weighted by Crippen LogP contribution is -2.35. The van der Waals surface area contributed by atoms with Crippen molar-refractivity contribution in [3.05, 3.63) is 35.4 Å². The number of ether oxygens (including phenoxy) is 1. The second-order valence-corrected chi connectivity index (χ2v) is 5.53. The maximum atomic E-state index is 12.2. The van der Waals surface area contributed by atoms with Crippen LogP contribution < -0.4 is 5.73 Å². The molecule has 1 aromatic rings. The first kappa shape index (κ1) is 15.0. The molecule has 0 aromatic heterocycles. The summed E-state index contributed by atoms with van der Waals surface area (Å²) >= 11 is 0. The van der Waals surface area contributed by atoms with Gasteiger partial charge in [-0.1, -0.05) is 24.3 Å².